The molecule has 1 heterocycles. The van der Waals surface area contributed by atoms with E-state index in [0.29, 0.717) is 6.04 Å². The molecule has 1 aromatic rings. The number of anilines is 1. The molecule has 4 heteroatoms. The summed E-state index contributed by atoms with van der Waals surface area (Å²) in [6.07, 6.45) is 12.2. The highest BCUT2D eigenvalue weighted by Gasteiger charge is 2.19. The van der Waals surface area contributed by atoms with E-state index in [0.717, 1.165) is 23.0 Å². The Morgan fingerprint density at radius 2 is 2.00 bits per heavy atom. The molecule has 0 unspecified atom stereocenters. The second kappa shape index (κ2) is 7.25. The van der Waals surface area contributed by atoms with E-state index >= 15 is 0 Å². The summed E-state index contributed by atoms with van der Waals surface area (Å²) in [6.45, 7) is 2.04. The van der Waals surface area contributed by atoms with Crippen LogP contribution in [0.4, 0.5) is 5.82 Å². The number of aromatic nitrogens is 1. The molecule has 1 saturated carbocycles. The smallest absolute Gasteiger partial charge is 0.328 e. The molecule has 1 aliphatic carbocycles. The maximum Gasteiger partial charge on any atom is 0.328 e. The van der Waals surface area contributed by atoms with Crippen LogP contribution in [-0.2, 0) is 4.79 Å². The fourth-order valence-electron chi connectivity index (χ4n) is 3.04. The van der Waals surface area contributed by atoms with Crippen molar-refractivity contribution in [2.45, 2.75) is 51.5 Å². The molecule has 0 spiro atoms. The molecule has 21 heavy (non-hydrogen) atoms. The minimum absolute atomic E-state index is 0.569. The highest BCUT2D eigenvalue weighted by molar-refractivity contribution is 5.85. The largest absolute Gasteiger partial charge is 0.478 e. The van der Waals surface area contributed by atoms with Crippen molar-refractivity contribution >= 4 is 17.9 Å². The van der Waals surface area contributed by atoms with Gasteiger partial charge in [0.25, 0.3) is 0 Å². The van der Waals surface area contributed by atoms with Gasteiger partial charge in [-0.1, -0.05) is 25.7 Å². The lowest BCUT2D eigenvalue weighted by Crippen LogP contribution is -2.32. The molecule has 0 saturated heterocycles. The molecule has 1 fully saturated rings. The maximum atomic E-state index is 10.6. The average molecular weight is 288 g/mol. The molecule has 2 rings (SSSR count). The number of hydrogen-bond acceptors (Lipinski definition) is 3. The van der Waals surface area contributed by atoms with Crippen LogP contribution < -0.4 is 4.90 Å². The first kappa shape index (κ1) is 15.5. The Morgan fingerprint density at radius 3 is 2.57 bits per heavy atom. The van der Waals surface area contributed by atoms with E-state index < -0.39 is 5.97 Å². The monoisotopic (exact) mass is 288 g/mol. The minimum atomic E-state index is -0.938. The number of nitrogens with zero attached hydrogens (tertiary/aromatic N) is 2. The molecule has 1 N–H and O–H groups in total. The van der Waals surface area contributed by atoms with Gasteiger partial charge in [0.05, 0.1) is 0 Å². The fourth-order valence-corrected chi connectivity index (χ4v) is 3.04. The number of rotatable bonds is 4. The van der Waals surface area contributed by atoms with E-state index in [2.05, 4.69) is 16.9 Å². The van der Waals surface area contributed by atoms with E-state index in [1.807, 2.05) is 13.0 Å². The zero-order valence-corrected chi connectivity index (χ0v) is 12.9. The Morgan fingerprint density at radius 1 is 1.33 bits per heavy atom. The van der Waals surface area contributed by atoms with Crippen molar-refractivity contribution in [1.29, 1.82) is 0 Å². The van der Waals surface area contributed by atoms with Crippen molar-refractivity contribution in [3.63, 3.8) is 0 Å². The van der Waals surface area contributed by atoms with E-state index in [1.165, 1.54) is 38.5 Å². The normalized spacial score (nSPS) is 16.9. The lowest BCUT2D eigenvalue weighted by atomic mass is 10.1. The summed E-state index contributed by atoms with van der Waals surface area (Å²) in [6, 6.07) is 2.56. The second-order valence-corrected chi connectivity index (χ2v) is 5.84. The maximum absolute atomic E-state index is 10.6. The third kappa shape index (κ3) is 4.31. The van der Waals surface area contributed by atoms with Crippen LogP contribution in [0.1, 0.15) is 49.7 Å². The van der Waals surface area contributed by atoms with Crippen LogP contribution in [0, 0.1) is 6.92 Å². The van der Waals surface area contributed by atoms with Crippen LogP contribution in [0.15, 0.2) is 18.3 Å². The Hall–Kier alpha value is -1.84. The Labute approximate surface area is 126 Å². The van der Waals surface area contributed by atoms with Gasteiger partial charge in [-0.3, -0.25) is 0 Å². The van der Waals surface area contributed by atoms with Crippen molar-refractivity contribution in [1.82, 2.24) is 4.98 Å². The van der Waals surface area contributed by atoms with Gasteiger partial charge in [0.1, 0.15) is 5.82 Å². The molecule has 1 aromatic heterocycles. The summed E-state index contributed by atoms with van der Waals surface area (Å²) >= 11 is 0. The molecule has 4 nitrogen and oxygen atoms in total. The van der Waals surface area contributed by atoms with Gasteiger partial charge in [-0.25, -0.2) is 9.78 Å². The first-order valence-corrected chi connectivity index (χ1v) is 7.68. The zero-order chi connectivity index (χ0) is 15.2. The van der Waals surface area contributed by atoms with Gasteiger partial charge in [-0.15, -0.1) is 0 Å². The average Bonchev–Trinajstić information content (AvgIpc) is 2.73. The van der Waals surface area contributed by atoms with Crippen LogP contribution in [0.5, 0.6) is 0 Å². The van der Waals surface area contributed by atoms with Crippen molar-refractivity contribution < 1.29 is 9.90 Å². The Kier molecular flexibility index (Phi) is 5.37. The number of pyridine rings is 1. The summed E-state index contributed by atoms with van der Waals surface area (Å²) in [5.41, 5.74) is 1.92. The lowest BCUT2D eigenvalue weighted by Gasteiger charge is -2.29. The predicted octanol–water partition coefficient (Wildman–Crippen LogP) is 3.65. The van der Waals surface area contributed by atoms with Crippen LogP contribution in [0.3, 0.4) is 0 Å². The van der Waals surface area contributed by atoms with Crippen molar-refractivity contribution in [3.05, 3.63) is 29.5 Å². The molecule has 0 bridgehead atoms. The highest BCUT2D eigenvalue weighted by Crippen LogP contribution is 2.26. The number of carboxylic acid groups (broad SMARTS) is 1. The van der Waals surface area contributed by atoms with Crippen LogP contribution in [0.2, 0.25) is 0 Å². The van der Waals surface area contributed by atoms with Crippen LogP contribution in [0.25, 0.3) is 6.08 Å². The molecule has 0 radical (unpaired) electrons. The van der Waals surface area contributed by atoms with Gasteiger partial charge >= 0.3 is 5.97 Å². The van der Waals surface area contributed by atoms with Crippen LogP contribution >= 0.6 is 0 Å². The quantitative estimate of drug-likeness (QED) is 0.679. The lowest BCUT2D eigenvalue weighted by molar-refractivity contribution is -0.131. The van der Waals surface area contributed by atoms with Crippen molar-refractivity contribution in [2.75, 3.05) is 11.9 Å². The van der Waals surface area contributed by atoms with E-state index in [4.69, 9.17) is 5.11 Å². The number of hydrogen-bond donors (Lipinski definition) is 1. The van der Waals surface area contributed by atoms with Gasteiger partial charge in [-0.2, -0.15) is 0 Å². The summed E-state index contributed by atoms with van der Waals surface area (Å²) in [5.74, 6) is 0.0710. The first-order chi connectivity index (χ1) is 10.1. The fraction of sp³-hybridized carbons (Fsp3) is 0.529. The van der Waals surface area contributed by atoms with E-state index in [1.54, 1.807) is 12.3 Å². The highest BCUT2D eigenvalue weighted by atomic mass is 16.4. The third-order valence-electron chi connectivity index (χ3n) is 4.20. The summed E-state index contributed by atoms with van der Waals surface area (Å²) in [5, 5.41) is 8.67. The molecule has 0 amide bonds. The minimum Gasteiger partial charge on any atom is -0.478 e. The molecule has 0 atom stereocenters. The number of aryl methyl sites for hydroxylation is 1. The second-order valence-electron chi connectivity index (χ2n) is 5.84. The predicted molar refractivity (Wildman–Crippen MR) is 85.5 cm³/mol. The number of aliphatic carboxylic acids is 1. The molecule has 114 valence electrons. The number of carbonyl (C=O) groups is 1. The Balaban J connectivity index is 2.13. The number of carboxylic acids is 1. The molecule has 0 aliphatic heterocycles. The SMILES string of the molecule is Cc1cc(/C=C/C(=O)O)cnc1N(C)C1CCCCCC1. The van der Waals surface area contributed by atoms with Crippen molar-refractivity contribution in [2.24, 2.45) is 0 Å². The van der Waals surface area contributed by atoms with E-state index in [9.17, 15) is 4.79 Å². The van der Waals surface area contributed by atoms with Gasteiger partial charge in [-0.05, 0) is 43.0 Å². The van der Waals surface area contributed by atoms with Gasteiger partial charge in [0.15, 0.2) is 0 Å². The molecule has 0 aromatic carbocycles. The standard InChI is InChI=1S/C17H24N2O2/c1-13-11-14(9-10-16(20)21)12-18-17(13)19(2)15-7-5-3-4-6-8-15/h9-12,15H,3-8H2,1-2H3,(H,20,21)/b10-9+. The van der Waals surface area contributed by atoms with E-state index in [-0.39, 0.29) is 0 Å². The summed E-state index contributed by atoms with van der Waals surface area (Å²) in [7, 11) is 2.12. The molecular formula is C17H24N2O2. The van der Waals surface area contributed by atoms with Gasteiger partial charge < -0.3 is 10.0 Å². The molecular weight excluding hydrogens is 264 g/mol. The topological polar surface area (TPSA) is 53.4 Å². The first-order valence-electron chi connectivity index (χ1n) is 7.68. The summed E-state index contributed by atoms with van der Waals surface area (Å²) < 4.78 is 0. The molecule has 1 aliphatic rings. The third-order valence-corrected chi connectivity index (χ3v) is 4.20. The van der Waals surface area contributed by atoms with Crippen LogP contribution in [-0.4, -0.2) is 29.1 Å². The zero-order valence-electron chi connectivity index (χ0n) is 12.9. The van der Waals surface area contributed by atoms with Gasteiger partial charge in [0.2, 0.25) is 0 Å². The summed E-state index contributed by atoms with van der Waals surface area (Å²) in [4.78, 5) is 17.4. The van der Waals surface area contributed by atoms with Gasteiger partial charge in [0, 0.05) is 25.4 Å². The van der Waals surface area contributed by atoms with Crippen molar-refractivity contribution in [3.8, 4) is 0 Å². The Bertz CT molecular complexity index is 518.